The van der Waals surface area contributed by atoms with Crippen LogP contribution in [-0.4, -0.2) is 28.5 Å². The molecular formula is C20H27F3N4O. The van der Waals surface area contributed by atoms with E-state index in [1.54, 1.807) is 6.33 Å². The Morgan fingerprint density at radius 2 is 1.96 bits per heavy atom. The van der Waals surface area contributed by atoms with Gasteiger partial charge < -0.3 is 15.6 Å². The summed E-state index contributed by atoms with van der Waals surface area (Å²) in [5.41, 5.74) is 0.753. The zero-order valence-corrected chi connectivity index (χ0v) is 16.0. The number of aromatic nitrogens is 2. The van der Waals surface area contributed by atoms with Crippen molar-refractivity contribution in [3.8, 4) is 0 Å². The Hall–Kier alpha value is -2.35. The number of H-pyrrole nitrogens is 1. The number of nitrogens with zero attached hydrogens (tertiary/aromatic N) is 1. The molecule has 1 unspecified atom stereocenters. The van der Waals surface area contributed by atoms with Crippen LogP contribution in [0, 0.1) is 0 Å². The smallest absolute Gasteiger partial charge is 0.348 e. The third-order valence-corrected chi connectivity index (χ3v) is 4.58. The summed E-state index contributed by atoms with van der Waals surface area (Å²) in [6, 6.07) is 4.89. The normalized spacial score (nSPS) is 12.7. The van der Waals surface area contributed by atoms with Crippen LogP contribution in [-0.2, 0) is 17.4 Å². The maximum atomic E-state index is 12.5. The summed E-state index contributed by atoms with van der Waals surface area (Å²) in [4.78, 5) is 19.0. The summed E-state index contributed by atoms with van der Waals surface area (Å²) in [5.74, 6) is -0.181. The second-order valence-corrected chi connectivity index (χ2v) is 6.76. The zero-order chi connectivity index (χ0) is 20.4. The molecule has 0 fully saturated rings. The fourth-order valence-corrected chi connectivity index (χ4v) is 2.93. The molecule has 0 aliphatic heterocycles. The van der Waals surface area contributed by atoms with Gasteiger partial charge in [0.15, 0.2) is 0 Å². The molecule has 5 nitrogen and oxygen atoms in total. The quantitative estimate of drug-likeness (QED) is 0.489. The predicted molar refractivity (Wildman–Crippen MR) is 103 cm³/mol. The predicted octanol–water partition coefficient (Wildman–Crippen LogP) is 4.54. The van der Waals surface area contributed by atoms with Crippen LogP contribution in [0.4, 0.5) is 18.9 Å². The van der Waals surface area contributed by atoms with E-state index in [9.17, 15) is 18.0 Å². The second-order valence-electron chi connectivity index (χ2n) is 6.76. The molecule has 0 aliphatic rings. The van der Waals surface area contributed by atoms with E-state index in [1.165, 1.54) is 12.1 Å². The van der Waals surface area contributed by atoms with Gasteiger partial charge in [-0.2, -0.15) is 13.2 Å². The van der Waals surface area contributed by atoms with Gasteiger partial charge in [-0.25, -0.2) is 4.98 Å². The van der Waals surface area contributed by atoms with E-state index in [0.717, 1.165) is 56.5 Å². The number of aromatic amines is 1. The molecule has 1 aromatic heterocycles. The van der Waals surface area contributed by atoms with Crippen molar-refractivity contribution in [1.82, 2.24) is 15.3 Å². The third kappa shape index (κ3) is 7.72. The highest BCUT2D eigenvalue weighted by atomic mass is 19.4. The van der Waals surface area contributed by atoms with Gasteiger partial charge in [0.25, 0.3) is 0 Å². The molecule has 1 heterocycles. The van der Waals surface area contributed by atoms with Crippen LogP contribution >= 0.6 is 0 Å². The lowest BCUT2D eigenvalue weighted by Crippen LogP contribution is -2.30. The van der Waals surface area contributed by atoms with Crippen molar-refractivity contribution in [2.24, 2.45) is 0 Å². The Morgan fingerprint density at radius 3 is 2.57 bits per heavy atom. The van der Waals surface area contributed by atoms with Gasteiger partial charge in [-0.15, -0.1) is 0 Å². The van der Waals surface area contributed by atoms with Gasteiger partial charge in [0.05, 0.1) is 11.9 Å². The highest BCUT2D eigenvalue weighted by Gasteiger charge is 2.29. The van der Waals surface area contributed by atoms with Crippen LogP contribution in [0.15, 0.2) is 36.8 Å². The van der Waals surface area contributed by atoms with E-state index in [-0.39, 0.29) is 5.91 Å². The first-order chi connectivity index (χ1) is 13.4. The standard InChI is InChI=1S/C20H27F3N4O/c1-2-16(25-12-11-18-13-24-14-26-18)5-3-4-6-19(28)27-17-9-7-15(8-10-17)20(21,22)23/h7-10,13-14,16,25H,2-6,11-12H2,1H3,(H,24,26)(H,27,28). The average Bonchev–Trinajstić information content (AvgIpc) is 3.17. The highest BCUT2D eigenvalue weighted by molar-refractivity contribution is 5.90. The summed E-state index contributed by atoms with van der Waals surface area (Å²) in [5, 5.41) is 6.15. The van der Waals surface area contributed by atoms with Crippen LogP contribution in [0.3, 0.4) is 0 Å². The van der Waals surface area contributed by atoms with E-state index in [4.69, 9.17) is 0 Å². The third-order valence-electron chi connectivity index (χ3n) is 4.58. The number of nitrogens with one attached hydrogen (secondary N) is 3. The largest absolute Gasteiger partial charge is 0.416 e. The summed E-state index contributed by atoms with van der Waals surface area (Å²) in [6.45, 7) is 3.00. The van der Waals surface area contributed by atoms with Crippen molar-refractivity contribution in [2.75, 3.05) is 11.9 Å². The van der Waals surface area contributed by atoms with E-state index in [2.05, 4.69) is 27.5 Å². The SMILES string of the molecule is CCC(CCCCC(=O)Nc1ccc(C(F)(F)F)cc1)NCCc1cnc[nH]1. The van der Waals surface area contributed by atoms with Gasteiger partial charge >= 0.3 is 6.18 Å². The van der Waals surface area contributed by atoms with Crippen LogP contribution in [0.5, 0.6) is 0 Å². The monoisotopic (exact) mass is 396 g/mol. The van der Waals surface area contributed by atoms with Crippen molar-refractivity contribution in [3.05, 3.63) is 48.0 Å². The average molecular weight is 396 g/mol. The minimum atomic E-state index is -4.37. The van der Waals surface area contributed by atoms with Crippen LogP contribution < -0.4 is 10.6 Å². The maximum absolute atomic E-state index is 12.5. The first-order valence-electron chi connectivity index (χ1n) is 9.56. The van der Waals surface area contributed by atoms with E-state index in [0.29, 0.717) is 18.2 Å². The molecule has 0 bridgehead atoms. The fourth-order valence-electron chi connectivity index (χ4n) is 2.93. The molecule has 0 spiro atoms. The molecule has 154 valence electrons. The second kappa shape index (κ2) is 10.8. The number of hydrogen-bond acceptors (Lipinski definition) is 3. The number of imidazole rings is 1. The number of hydrogen-bond donors (Lipinski definition) is 3. The lowest BCUT2D eigenvalue weighted by atomic mass is 10.1. The number of alkyl halides is 3. The molecule has 0 saturated carbocycles. The van der Waals surface area contributed by atoms with Gasteiger partial charge in [-0.05, 0) is 43.5 Å². The van der Waals surface area contributed by atoms with E-state index < -0.39 is 11.7 Å². The molecule has 3 N–H and O–H groups in total. The Kier molecular flexibility index (Phi) is 8.50. The number of halogens is 3. The van der Waals surface area contributed by atoms with Crippen molar-refractivity contribution < 1.29 is 18.0 Å². The Labute approximate surface area is 163 Å². The van der Waals surface area contributed by atoms with Gasteiger partial charge in [0.1, 0.15) is 0 Å². The number of anilines is 1. The maximum Gasteiger partial charge on any atom is 0.416 e. The number of carbonyl (C=O) groups excluding carboxylic acids is 1. The lowest BCUT2D eigenvalue weighted by molar-refractivity contribution is -0.137. The van der Waals surface area contributed by atoms with Gasteiger partial charge in [0.2, 0.25) is 5.91 Å². The topological polar surface area (TPSA) is 69.8 Å². The highest BCUT2D eigenvalue weighted by Crippen LogP contribution is 2.29. The summed E-state index contributed by atoms with van der Waals surface area (Å²) in [7, 11) is 0. The molecule has 28 heavy (non-hydrogen) atoms. The Morgan fingerprint density at radius 1 is 1.21 bits per heavy atom. The van der Waals surface area contributed by atoms with Crippen LogP contribution in [0.1, 0.15) is 50.3 Å². The molecule has 1 atom stereocenters. The lowest BCUT2D eigenvalue weighted by Gasteiger charge is -2.16. The van der Waals surface area contributed by atoms with Gasteiger partial charge in [0, 0.05) is 43.0 Å². The Bertz CT molecular complexity index is 699. The molecule has 1 aromatic carbocycles. The molecular weight excluding hydrogens is 369 g/mol. The van der Waals surface area contributed by atoms with Crippen molar-refractivity contribution in [3.63, 3.8) is 0 Å². The minimum absolute atomic E-state index is 0.181. The summed E-state index contributed by atoms with van der Waals surface area (Å²) in [6.07, 6.45) is 4.01. The van der Waals surface area contributed by atoms with Gasteiger partial charge in [-0.3, -0.25) is 4.79 Å². The number of carbonyl (C=O) groups is 1. The number of amides is 1. The minimum Gasteiger partial charge on any atom is -0.348 e. The molecule has 2 aromatic rings. The first kappa shape index (κ1) is 21.9. The zero-order valence-electron chi connectivity index (χ0n) is 16.0. The molecule has 1 amide bonds. The first-order valence-corrected chi connectivity index (χ1v) is 9.56. The van der Waals surface area contributed by atoms with Crippen LogP contribution in [0.2, 0.25) is 0 Å². The van der Waals surface area contributed by atoms with E-state index >= 15 is 0 Å². The number of rotatable bonds is 11. The van der Waals surface area contributed by atoms with Crippen LogP contribution in [0.25, 0.3) is 0 Å². The summed E-state index contributed by atoms with van der Waals surface area (Å²) < 4.78 is 37.6. The van der Waals surface area contributed by atoms with E-state index in [1.807, 2.05) is 6.20 Å². The Balaban J connectivity index is 1.61. The molecule has 0 radical (unpaired) electrons. The summed E-state index contributed by atoms with van der Waals surface area (Å²) >= 11 is 0. The molecule has 8 heteroatoms. The molecule has 0 saturated heterocycles. The van der Waals surface area contributed by atoms with Crippen molar-refractivity contribution >= 4 is 11.6 Å². The number of unbranched alkanes of at least 4 members (excludes halogenated alkanes) is 1. The van der Waals surface area contributed by atoms with Gasteiger partial charge in [-0.1, -0.05) is 13.3 Å². The van der Waals surface area contributed by atoms with Crippen molar-refractivity contribution in [2.45, 2.75) is 57.7 Å². The van der Waals surface area contributed by atoms with Crippen molar-refractivity contribution in [1.29, 1.82) is 0 Å². The fraction of sp³-hybridized carbons (Fsp3) is 0.500. The number of benzene rings is 1. The molecule has 2 rings (SSSR count). The molecule has 0 aliphatic carbocycles.